The number of pyridine rings is 1. The molecule has 1 heterocycles. The predicted molar refractivity (Wildman–Crippen MR) is 72.3 cm³/mol. The van der Waals surface area contributed by atoms with Crippen LogP contribution in [0.4, 0.5) is 8.78 Å². The van der Waals surface area contributed by atoms with Crippen LogP contribution in [0.5, 0.6) is 0 Å². The normalized spacial score (nSPS) is 11.8. The molecule has 1 aromatic heterocycles. The SMILES string of the molecule is Cc1ccc(S(=O)(=O)OCc2ccc(C(F)F)cn2)cc1. The van der Waals surface area contributed by atoms with Crippen molar-refractivity contribution < 1.29 is 21.4 Å². The van der Waals surface area contributed by atoms with Gasteiger partial charge in [-0.05, 0) is 31.2 Å². The molecule has 2 aromatic rings. The quantitative estimate of drug-likeness (QED) is 0.795. The molecule has 7 heteroatoms. The van der Waals surface area contributed by atoms with E-state index in [-0.39, 0.29) is 22.8 Å². The zero-order chi connectivity index (χ0) is 15.5. The number of benzene rings is 1. The lowest BCUT2D eigenvalue weighted by molar-refractivity contribution is 0.151. The molecule has 21 heavy (non-hydrogen) atoms. The van der Waals surface area contributed by atoms with Gasteiger partial charge in [0.05, 0.1) is 10.6 Å². The van der Waals surface area contributed by atoms with Gasteiger partial charge in [0.15, 0.2) is 0 Å². The molecule has 2 rings (SSSR count). The number of halogens is 2. The molecule has 0 fully saturated rings. The Morgan fingerprint density at radius 1 is 1.14 bits per heavy atom. The molecule has 0 saturated carbocycles. The standard InChI is InChI=1S/C14H13F2NO3S/c1-10-2-6-13(7-3-10)21(18,19)20-9-12-5-4-11(8-17-12)14(15)16/h2-8,14H,9H2,1H3. The second-order valence-corrected chi connectivity index (χ2v) is 6.03. The highest BCUT2D eigenvalue weighted by molar-refractivity contribution is 7.86. The zero-order valence-electron chi connectivity index (χ0n) is 11.2. The first kappa shape index (κ1) is 15.5. The van der Waals surface area contributed by atoms with Gasteiger partial charge in [-0.3, -0.25) is 9.17 Å². The van der Waals surface area contributed by atoms with Crippen LogP contribution in [0.1, 0.15) is 23.2 Å². The number of hydrogen-bond acceptors (Lipinski definition) is 4. The molecule has 0 N–H and O–H groups in total. The van der Waals surface area contributed by atoms with Crippen LogP contribution in [0.2, 0.25) is 0 Å². The lowest BCUT2D eigenvalue weighted by Gasteiger charge is -2.06. The van der Waals surface area contributed by atoms with E-state index in [9.17, 15) is 17.2 Å². The van der Waals surface area contributed by atoms with Crippen molar-refractivity contribution >= 4 is 10.1 Å². The van der Waals surface area contributed by atoms with Gasteiger partial charge in [0.2, 0.25) is 0 Å². The minimum Gasteiger partial charge on any atom is -0.260 e. The van der Waals surface area contributed by atoms with Crippen LogP contribution in [-0.4, -0.2) is 13.4 Å². The number of hydrogen-bond donors (Lipinski definition) is 0. The van der Waals surface area contributed by atoms with Crippen LogP contribution >= 0.6 is 0 Å². The second kappa shape index (κ2) is 6.28. The molecule has 0 aliphatic heterocycles. The van der Waals surface area contributed by atoms with Crippen LogP contribution in [0.25, 0.3) is 0 Å². The summed E-state index contributed by atoms with van der Waals surface area (Å²) in [4.78, 5) is 3.78. The largest absolute Gasteiger partial charge is 0.297 e. The Bertz CT molecular complexity index is 698. The molecular weight excluding hydrogens is 300 g/mol. The number of aryl methyl sites for hydroxylation is 1. The van der Waals surface area contributed by atoms with Crippen LogP contribution in [0.15, 0.2) is 47.5 Å². The van der Waals surface area contributed by atoms with Crippen molar-refractivity contribution in [2.24, 2.45) is 0 Å². The van der Waals surface area contributed by atoms with Crippen molar-refractivity contribution in [3.63, 3.8) is 0 Å². The van der Waals surface area contributed by atoms with Crippen LogP contribution in [-0.2, 0) is 20.9 Å². The summed E-state index contributed by atoms with van der Waals surface area (Å²) in [5.74, 6) is 0. The molecule has 0 radical (unpaired) electrons. The average molecular weight is 313 g/mol. The fourth-order valence-corrected chi connectivity index (χ4v) is 2.44. The maximum Gasteiger partial charge on any atom is 0.297 e. The smallest absolute Gasteiger partial charge is 0.260 e. The number of nitrogens with zero attached hydrogens (tertiary/aromatic N) is 1. The van der Waals surface area contributed by atoms with E-state index in [0.29, 0.717) is 0 Å². The zero-order valence-corrected chi connectivity index (χ0v) is 12.0. The van der Waals surface area contributed by atoms with E-state index < -0.39 is 16.5 Å². The lowest BCUT2D eigenvalue weighted by atomic mass is 10.2. The molecule has 0 saturated heterocycles. The van der Waals surface area contributed by atoms with Crippen molar-refractivity contribution in [3.8, 4) is 0 Å². The van der Waals surface area contributed by atoms with Crippen molar-refractivity contribution in [2.45, 2.75) is 24.9 Å². The monoisotopic (exact) mass is 313 g/mol. The van der Waals surface area contributed by atoms with Gasteiger partial charge < -0.3 is 0 Å². The first-order chi connectivity index (χ1) is 9.88. The second-order valence-electron chi connectivity index (χ2n) is 4.41. The molecule has 4 nitrogen and oxygen atoms in total. The molecule has 0 bridgehead atoms. The topological polar surface area (TPSA) is 56.3 Å². The molecule has 0 spiro atoms. The maximum absolute atomic E-state index is 12.4. The molecule has 0 atom stereocenters. The summed E-state index contributed by atoms with van der Waals surface area (Å²) in [6.07, 6.45) is -1.61. The van der Waals surface area contributed by atoms with E-state index in [1.54, 1.807) is 12.1 Å². The summed E-state index contributed by atoms with van der Waals surface area (Å²) in [6.45, 7) is 1.53. The number of rotatable bonds is 5. The van der Waals surface area contributed by atoms with E-state index >= 15 is 0 Å². The third kappa shape index (κ3) is 4.05. The summed E-state index contributed by atoms with van der Waals surface area (Å²) >= 11 is 0. The van der Waals surface area contributed by atoms with Gasteiger partial charge in [0.1, 0.15) is 6.61 Å². The van der Waals surface area contributed by atoms with Gasteiger partial charge in [-0.25, -0.2) is 8.78 Å². The third-order valence-electron chi connectivity index (χ3n) is 2.77. The number of alkyl halides is 2. The minimum atomic E-state index is -3.89. The van der Waals surface area contributed by atoms with Crippen molar-refractivity contribution in [2.75, 3.05) is 0 Å². The van der Waals surface area contributed by atoms with Gasteiger partial charge in [0, 0.05) is 11.8 Å². The Labute approximate surface area is 121 Å². The van der Waals surface area contributed by atoms with E-state index in [0.717, 1.165) is 11.8 Å². The van der Waals surface area contributed by atoms with E-state index in [2.05, 4.69) is 4.98 Å². The number of aromatic nitrogens is 1. The lowest BCUT2D eigenvalue weighted by Crippen LogP contribution is -2.07. The van der Waals surface area contributed by atoms with Crippen LogP contribution < -0.4 is 0 Å². The van der Waals surface area contributed by atoms with Gasteiger partial charge >= 0.3 is 0 Å². The maximum atomic E-state index is 12.4. The van der Waals surface area contributed by atoms with E-state index in [4.69, 9.17) is 4.18 Å². The van der Waals surface area contributed by atoms with E-state index in [1.165, 1.54) is 24.3 Å². The third-order valence-corrected chi connectivity index (χ3v) is 4.05. The first-order valence-corrected chi connectivity index (χ1v) is 7.48. The Kier molecular flexibility index (Phi) is 4.64. The fraction of sp³-hybridized carbons (Fsp3) is 0.214. The summed E-state index contributed by atoms with van der Waals surface area (Å²) < 4.78 is 53.4. The van der Waals surface area contributed by atoms with Crippen LogP contribution in [0, 0.1) is 6.92 Å². The van der Waals surface area contributed by atoms with Crippen molar-refractivity contribution in [3.05, 3.63) is 59.4 Å². The van der Waals surface area contributed by atoms with Gasteiger partial charge in [-0.15, -0.1) is 0 Å². The first-order valence-electron chi connectivity index (χ1n) is 6.07. The highest BCUT2D eigenvalue weighted by atomic mass is 32.2. The Morgan fingerprint density at radius 3 is 2.33 bits per heavy atom. The molecular formula is C14H13F2NO3S. The Balaban J connectivity index is 2.06. The van der Waals surface area contributed by atoms with Crippen LogP contribution in [0.3, 0.4) is 0 Å². The molecule has 112 valence electrons. The molecule has 0 aliphatic rings. The van der Waals surface area contributed by atoms with Gasteiger partial charge in [-0.1, -0.05) is 17.7 Å². The highest BCUT2D eigenvalue weighted by Crippen LogP contribution is 2.18. The predicted octanol–water partition coefficient (Wildman–Crippen LogP) is 3.23. The molecule has 0 unspecified atom stereocenters. The van der Waals surface area contributed by atoms with Gasteiger partial charge in [-0.2, -0.15) is 8.42 Å². The van der Waals surface area contributed by atoms with Crippen molar-refractivity contribution in [1.29, 1.82) is 0 Å². The highest BCUT2D eigenvalue weighted by Gasteiger charge is 2.15. The average Bonchev–Trinajstić information content (AvgIpc) is 2.46. The van der Waals surface area contributed by atoms with Crippen molar-refractivity contribution in [1.82, 2.24) is 4.98 Å². The summed E-state index contributed by atoms with van der Waals surface area (Å²) in [7, 11) is -3.89. The fourth-order valence-electron chi connectivity index (χ4n) is 1.56. The Hall–Kier alpha value is -1.86. The summed E-state index contributed by atoms with van der Waals surface area (Å²) in [5, 5.41) is 0. The molecule has 1 aromatic carbocycles. The molecule has 0 amide bonds. The summed E-state index contributed by atoms with van der Waals surface area (Å²) in [6, 6.07) is 8.70. The Morgan fingerprint density at radius 2 is 1.81 bits per heavy atom. The molecule has 0 aliphatic carbocycles. The van der Waals surface area contributed by atoms with Gasteiger partial charge in [0.25, 0.3) is 16.5 Å². The van der Waals surface area contributed by atoms with E-state index in [1.807, 2.05) is 6.92 Å². The summed E-state index contributed by atoms with van der Waals surface area (Å²) in [5.41, 5.74) is 0.966. The minimum absolute atomic E-state index is 0.0392.